The van der Waals surface area contributed by atoms with Crippen LogP contribution < -0.4 is 10.6 Å². The van der Waals surface area contributed by atoms with Gasteiger partial charge in [-0.2, -0.15) is 0 Å². The first-order valence-corrected chi connectivity index (χ1v) is 4.91. The van der Waals surface area contributed by atoms with Crippen molar-refractivity contribution in [2.45, 2.75) is 12.5 Å². The lowest BCUT2D eigenvalue weighted by Gasteiger charge is -2.09. The van der Waals surface area contributed by atoms with Crippen LogP contribution in [-0.2, 0) is 4.79 Å². The molecule has 1 saturated heterocycles. The predicted octanol–water partition coefficient (Wildman–Crippen LogP) is 0.305. The molecule has 0 bridgehead atoms. The number of amides is 2. The van der Waals surface area contributed by atoms with Gasteiger partial charge in [-0.15, -0.1) is 0 Å². The molecule has 1 aromatic rings. The van der Waals surface area contributed by atoms with Gasteiger partial charge < -0.3 is 10.6 Å². The van der Waals surface area contributed by atoms with E-state index >= 15 is 0 Å². The maximum Gasteiger partial charge on any atom is 0.251 e. The van der Waals surface area contributed by atoms with Crippen molar-refractivity contribution in [3.8, 4) is 0 Å². The Labute approximate surface area is 87.7 Å². The highest BCUT2D eigenvalue weighted by Crippen LogP contribution is 2.03. The summed E-state index contributed by atoms with van der Waals surface area (Å²) in [4.78, 5) is 22.9. The summed E-state index contributed by atoms with van der Waals surface area (Å²) in [6.45, 7) is 0.637. The summed E-state index contributed by atoms with van der Waals surface area (Å²) >= 11 is 0. The molecule has 1 atom stereocenters. The summed E-state index contributed by atoms with van der Waals surface area (Å²) in [7, 11) is 0. The van der Waals surface area contributed by atoms with Crippen LogP contribution in [0.4, 0.5) is 0 Å². The fraction of sp³-hybridized carbons (Fsp3) is 0.273. The van der Waals surface area contributed by atoms with E-state index < -0.39 is 0 Å². The Bertz CT molecular complexity index is 375. The zero-order chi connectivity index (χ0) is 10.7. The molecule has 0 aromatic heterocycles. The molecule has 1 aliphatic heterocycles. The van der Waals surface area contributed by atoms with Crippen molar-refractivity contribution in [2.75, 3.05) is 6.54 Å². The number of hydrogen-bond acceptors (Lipinski definition) is 2. The van der Waals surface area contributed by atoms with Gasteiger partial charge in [0.25, 0.3) is 5.91 Å². The molecule has 2 rings (SSSR count). The van der Waals surface area contributed by atoms with Crippen molar-refractivity contribution in [3.05, 3.63) is 35.9 Å². The Morgan fingerprint density at radius 1 is 1.33 bits per heavy atom. The van der Waals surface area contributed by atoms with E-state index in [1.165, 1.54) is 0 Å². The highest BCUT2D eigenvalue weighted by Gasteiger charge is 2.25. The first-order valence-electron chi connectivity index (χ1n) is 4.91. The molecule has 4 heteroatoms. The Hall–Kier alpha value is -1.84. The Balaban J connectivity index is 2.01. The van der Waals surface area contributed by atoms with Crippen molar-refractivity contribution in [1.29, 1.82) is 0 Å². The number of benzene rings is 1. The molecule has 1 heterocycles. The second kappa shape index (κ2) is 4.13. The summed E-state index contributed by atoms with van der Waals surface area (Å²) < 4.78 is 0. The number of carbonyl (C=O) groups excluding carboxylic acids is 2. The third-order valence-electron chi connectivity index (χ3n) is 2.39. The minimum atomic E-state index is -0.377. The molecule has 1 fully saturated rings. The van der Waals surface area contributed by atoms with E-state index in [1.54, 1.807) is 24.3 Å². The second-order valence-electron chi connectivity index (χ2n) is 3.47. The molecule has 2 amide bonds. The van der Waals surface area contributed by atoms with Crippen LogP contribution in [0.2, 0.25) is 0 Å². The summed E-state index contributed by atoms with van der Waals surface area (Å²) in [6, 6.07) is 8.51. The van der Waals surface area contributed by atoms with Crippen LogP contribution in [0.3, 0.4) is 0 Å². The highest BCUT2D eigenvalue weighted by molar-refractivity contribution is 5.97. The van der Waals surface area contributed by atoms with Crippen LogP contribution in [0.5, 0.6) is 0 Å². The van der Waals surface area contributed by atoms with Gasteiger partial charge in [0.15, 0.2) is 0 Å². The molecule has 4 nitrogen and oxygen atoms in total. The summed E-state index contributed by atoms with van der Waals surface area (Å²) in [5.74, 6) is -0.295. The summed E-state index contributed by atoms with van der Waals surface area (Å²) in [6.07, 6.45) is 0.664. The topological polar surface area (TPSA) is 58.2 Å². The van der Waals surface area contributed by atoms with E-state index in [2.05, 4.69) is 10.6 Å². The first kappa shape index (κ1) is 9.71. The van der Waals surface area contributed by atoms with Crippen LogP contribution >= 0.6 is 0 Å². The van der Waals surface area contributed by atoms with Crippen molar-refractivity contribution in [2.24, 2.45) is 0 Å². The zero-order valence-electron chi connectivity index (χ0n) is 8.19. The smallest absolute Gasteiger partial charge is 0.251 e. The van der Waals surface area contributed by atoms with Gasteiger partial charge >= 0.3 is 0 Å². The standard InChI is InChI=1S/C11H12N2O2/c14-10(8-4-2-1-3-5-8)13-9-6-7-12-11(9)15/h1-5,9H,6-7H2,(H,12,15)(H,13,14)/t9-/m0/s1. The Morgan fingerprint density at radius 2 is 2.07 bits per heavy atom. The SMILES string of the molecule is O=C(N[C@H]1CCNC1=O)c1ccccc1. The van der Waals surface area contributed by atoms with Gasteiger partial charge in [0.1, 0.15) is 6.04 Å². The molecule has 0 unspecified atom stereocenters. The average Bonchev–Trinajstić information content (AvgIpc) is 2.66. The van der Waals surface area contributed by atoms with E-state index in [1.807, 2.05) is 6.07 Å². The molecule has 15 heavy (non-hydrogen) atoms. The van der Waals surface area contributed by atoms with Crippen molar-refractivity contribution < 1.29 is 9.59 Å². The third kappa shape index (κ3) is 2.15. The molecule has 0 radical (unpaired) electrons. The first-order chi connectivity index (χ1) is 7.27. The Kier molecular flexibility index (Phi) is 2.67. The zero-order valence-corrected chi connectivity index (χ0v) is 8.19. The normalized spacial score (nSPS) is 19.7. The molecule has 78 valence electrons. The van der Waals surface area contributed by atoms with Crippen LogP contribution in [-0.4, -0.2) is 24.4 Å². The third-order valence-corrected chi connectivity index (χ3v) is 2.39. The van der Waals surface area contributed by atoms with Gasteiger partial charge in [-0.25, -0.2) is 0 Å². The van der Waals surface area contributed by atoms with E-state index in [0.29, 0.717) is 18.5 Å². The van der Waals surface area contributed by atoms with Crippen LogP contribution in [0.1, 0.15) is 16.8 Å². The van der Waals surface area contributed by atoms with Gasteiger partial charge in [0.2, 0.25) is 5.91 Å². The lowest BCUT2D eigenvalue weighted by molar-refractivity contribution is -0.120. The monoisotopic (exact) mass is 204 g/mol. The average molecular weight is 204 g/mol. The lowest BCUT2D eigenvalue weighted by Crippen LogP contribution is -2.40. The van der Waals surface area contributed by atoms with Gasteiger partial charge in [-0.3, -0.25) is 9.59 Å². The van der Waals surface area contributed by atoms with E-state index in [0.717, 1.165) is 0 Å². The molecular weight excluding hydrogens is 192 g/mol. The second-order valence-corrected chi connectivity index (χ2v) is 3.47. The minimum absolute atomic E-state index is 0.0979. The van der Waals surface area contributed by atoms with Gasteiger partial charge in [-0.1, -0.05) is 18.2 Å². The van der Waals surface area contributed by atoms with Crippen molar-refractivity contribution in [1.82, 2.24) is 10.6 Å². The van der Waals surface area contributed by atoms with E-state index in [4.69, 9.17) is 0 Å². The van der Waals surface area contributed by atoms with E-state index in [-0.39, 0.29) is 17.9 Å². The fourth-order valence-corrected chi connectivity index (χ4v) is 1.56. The fourth-order valence-electron chi connectivity index (χ4n) is 1.56. The molecule has 0 aliphatic carbocycles. The number of nitrogens with one attached hydrogen (secondary N) is 2. The van der Waals surface area contributed by atoms with Crippen LogP contribution in [0.15, 0.2) is 30.3 Å². The Morgan fingerprint density at radius 3 is 2.67 bits per heavy atom. The quantitative estimate of drug-likeness (QED) is 0.728. The van der Waals surface area contributed by atoms with Gasteiger partial charge in [-0.05, 0) is 18.6 Å². The largest absolute Gasteiger partial charge is 0.354 e. The summed E-state index contributed by atoms with van der Waals surface area (Å²) in [5, 5.41) is 5.37. The molecular formula is C11H12N2O2. The number of carbonyl (C=O) groups is 2. The molecule has 0 saturated carbocycles. The minimum Gasteiger partial charge on any atom is -0.354 e. The molecule has 0 spiro atoms. The lowest BCUT2D eigenvalue weighted by atomic mass is 10.2. The van der Waals surface area contributed by atoms with Crippen LogP contribution in [0.25, 0.3) is 0 Å². The maximum atomic E-state index is 11.7. The predicted molar refractivity (Wildman–Crippen MR) is 55.3 cm³/mol. The molecule has 2 N–H and O–H groups in total. The van der Waals surface area contributed by atoms with Crippen molar-refractivity contribution >= 4 is 11.8 Å². The van der Waals surface area contributed by atoms with Gasteiger partial charge in [0.05, 0.1) is 0 Å². The molecule has 1 aromatic carbocycles. The number of hydrogen-bond donors (Lipinski definition) is 2. The van der Waals surface area contributed by atoms with Crippen LogP contribution in [0, 0.1) is 0 Å². The van der Waals surface area contributed by atoms with Gasteiger partial charge in [0, 0.05) is 12.1 Å². The van der Waals surface area contributed by atoms with E-state index in [9.17, 15) is 9.59 Å². The summed E-state index contributed by atoms with van der Waals surface area (Å²) in [5.41, 5.74) is 0.581. The highest BCUT2D eigenvalue weighted by atomic mass is 16.2. The number of rotatable bonds is 2. The van der Waals surface area contributed by atoms with Crippen molar-refractivity contribution in [3.63, 3.8) is 0 Å². The maximum absolute atomic E-state index is 11.7. The molecule has 1 aliphatic rings.